The van der Waals surface area contributed by atoms with Gasteiger partial charge in [-0.1, -0.05) is 0 Å². The molecule has 0 bridgehead atoms. The third kappa shape index (κ3) is 1.24. The van der Waals surface area contributed by atoms with Crippen molar-refractivity contribution in [1.29, 1.82) is 5.26 Å². The van der Waals surface area contributed by atoms with Gasteiger partial charge < -0.3 is 5.32 Å². The number of hydrogen-bond acceptors (Lipinski definition) is 3. The van der Waals surface area contributed by atoms with Crippen LogP contribution in [0.1, 0.15) is 12.0 Å². The molecule has 0 saturated carbocycles. The maximum Gasteiger partial charge on any atom is 0.272 e. The lowest BCUT2D eigenvalue weighted by Crippen LogP contribution is -2.36. The first-order chi connectivity index (χ1) is 8.20. The average molecular weight is 225 g/mol. The Bertz CT molecular complexity index is 625. The van der Waals surface area contributed by atoms with E-state index in [-0.39, 0.29) is 18.2 Å². The fourth-order valence-corrected chi connectivity index (χ4v) is 2.05. The number of carbonyl (C=O) groups excluding carboxylic acids is 2. The minimum Gasteiger partial charge on any atom is -0.319 e. The second kappa shape index (κ2) is 3.19. The van der Waals surface area contributed by atoms with E-state index in [1.165, 1.54) is 4.90 Å². The van der Waals surface area contributed by atoms with E-state index in [9.17, 15) is 9.59 Å². The zero-order valence-electron chi connectivity index (χ0n) is 8.73. The number of benzene rings is 1. The molecule has 0 spiro atoms. The zero-order chi connectivity index (χ0) is 12.0. The average Bonchev–Trinajstić information content (AvgIpc) is 2.72. The van der Waals surface area contributed by atoms with Crippen molar-refractivity contribution in [3.05, 3.63) is 35.5 Å². The molecule has 3 rings (SSSR count). The molecule has 2 amide bonds. The molecule has 0 radical (unpaired) electrons. The monoisotopic (exact) mass is 225 g/mol. The van der Waals surface area contributed by atoms with Gasteiger partial charge in [0.05, 0.1) is 23.0 Å². The van der Waals surface area contributed by atoms with Gasteiger partial charge in [-0.05, 0) is 24.3 Å². The van der Waals surface area contributed by atoms with Crippen LogP contribution in [0.2, 0.25) is 0 Å². The molecule has 0 saturated heterocycles. The molecule has 17 heavy (non-hydrogen) atoms. The van der Waals surface area contributed by atoms with E-state index in [1.807, 2.05) is 6.07 Å². The molecular weight excluding hydrogens is 218 g/mol. The van der Waals surface area contributed by atoms with Crippen molar-refractivity contribution in [2.45, 2.75) is 6.42 Å². The van der Waals surface area contributed by atoms with E-state index < -0.39 is 0 Å². The number of hydrogen-bond donors (Lipinski definition) is 1. The summed E-state index contributed by atoms with van der Waals surface area (Å²) in [5.74, 6) is -0.431. The maximum absolute atomic E-state index is 11.7. The van der Waals surface area contributed by atoms with Gasteiger partial charge in [0.25, 0.3) is 5.91 Å². The number of nitrogens with zero attached hydrogens (tertiary/aromatic N) is 2. The van der Waals surface area contributed by atoms with Gasteiger partial charge in [-0.2, -0.15) is 5.26 Å². The smallest absolute Gasteiger partial charge is 0.272 e. The zero-order valence-corrected chi connectivity index (χ0v) is 8.73. The summed E-state index contributed by atoms with van der Waals surface area (Å²) in [5.41, 5.74) is 1.94. The van der Waals surface area contributed by atoms with E-state index in [1.54, 1.807) is 24.3 Å². The van der Waals surface area contributed by atoms with E-state index >= 15 is 0 Å². The van der Waals surface area contributed by atoms with Crippen LogP contribution in [-0.2, 0) is 9.59 Å². The first kappa shape index (κ1) is 9.60. The Kier molecular flexibility index (Phi) is 1.80. The minimum atomic E-state index is -0.307. The van der Waals surface area contributed by atoms with Crippen molar-refractivity contribution in [3.8, 4) is 6.07 Å². The molecule has 1 aromatic carbocycles. The topological polar surface area (TPSA) is 73.2 Å². The van der Waals surface area contributed by atoms with Crippen LogP contribution in [0.25, 0.3) is 0 Å². The van der Waals surface area contributed by atoms with Gasteiger partial charge in [-0.3, -0.25) is 14.5 Å². The van der Waals surface area contributed by atoms with Crippen LogP contribution in [0.15, 0.2) is 30.0 Å². The highest BCUT2D eigenvalue weighted by Crippen LogP contribution is 2.37. The van der Waals surface area contributed by atoms with Gasteiger partial charge in [0.2, 0.25) is 5.91 Å². The number of amides is 2. The predicted octanol–water partition coefficient (Wildman–Crippen LogP) is 1.13. The molecule has 0 fully saturated rings. The maximum atomic E-state index is 11.7. The van der Waals surface area contributed by atoms with Crippen molar-refractivity contribution < 1.29 is 9.59 Å². The molecule has 5 heteroatoms. The molecule has 2 aliphatic rings. The van der Waals surface area contributed by atoms with E-state index in [4.69, 9.17) is 5.26 Å². The van der Waals surface area contributed by atoms with Gasteiger partial charge in [0, 0.05) is 6.42 Å². The summed E-state index contributed by atoms with van der Waals surface area (Å²) in [4.78, 5) is 24.8. The second-order valence-corrected chi connectivity index (χ2v) is 3.82. The summed E-state index contributed by atoms with van der Waals surface area (Å²) in [6.07, 6.45) is 1.85. The summed E-state index contributed by atoms with van der Waals surface area (Å²) in [6, 6.07) is 6.85. The van der Waals surface area contributed by atoms with Gasteiger partial charge in [0.15, 0.2) is 0 Å². The molecule has 2 heterocycles. The molecule has 0 unspecified atom stereocenters. The van der Waals surface area contributed by atoms with Crippen molar-refractivity contribution in [2.24, 2.45) is 0 Å². The summed E-state index contributed by atoms with van der Waals surface area (Å²) in [7, 11) is 0. The van der Waals surface area contributed by atoms with Crippen LogP contribution in [0.4, 0.5) is 11.4 Å². The van der Waals surface area contributed by atoms with Crippen LogP contribution in [0, 0.1) is 11.3 Å². The highest BCUT2D eigenvalue weighted by molar-refractivity contribution is 6.21. The summed E-state index contributed by atoms with van der Waals surface area (Å²) >= 11 is 0. The standard InChI is InChI=1S/C12H7N3O2/c13-6-7-1-2-9-8(5-7)14-12(17)10-3-4-11(16)15(9)10/h1-3,5H,4H2,(H,14,17). The molecule has 0 atom stereocenters. The Morgan fingerprint density at radius 2 is 2.18 bits per heavy atom. The number of nitriles is 1. The van der Waals surface area contributed by atoms with Crippen LogP contribution in [-0.4, -0.2) is 11.8 Å². The third-order valence-electron chi connectivity index (χ3n) is 2.81. The molecule has 0 aromatic heterocycles. The van der Waals surface area contributed by atoms with Gasteiger partial charge in [0.1, 0.15) is 5.70 Å². The Morgan fingerprint density at radius 1 is 1.35 bits per heavy atom. The highest BCUT2D eigenvalue weighted by Gasteiger charge is 2.35. The van der Waals surface area contributed by atoms with Crippen molar-refractivity contribution in [1.82, 2.24) is 0 Å². The quantitative estimate of drug-likeness (QED) is 0.719. The van der Waals surface area contributed by atoms with Crippen molar-refractivity contribution in [3.63, 3.8) is 0 Å². The van der Waals surface area contributed by atoms with E-state index in [2.05, 4.69) is 5.32 Å². The molecule has 1 N–H and O–H groups in total. The highest BCUT2D eigenvalue weighted by atomic mass is 16.2. The first-order valence-corrected chi connectivity index (χ1v) is 5.09. The second-order valence-electron chi connectivity index (χ2n) is 3.82. The number of fused-ring (bicyclic) bond motifs is 3. The van der Waals surface area contributed by atoms with Crippen LogP contribution in [0.5, 0.6) is 0 Å². The largest absolute Gasteiger partial charge is 0.319 e. The number of nitrogens with one attached hydrogen (secondary N) is 1. The summed E-state index contributed by atoms with van der Waals surface area (Å²) in [5, 5.41) is 11.5. The van der Waals surface area contributed by atoms with Crippen LogP contribution >= 0.6 is 0 Å². The Morgan fingerprint density at radius 3 is 2.94 bits per heavy atom. The van der Waals surface area contributed by atoms with Crippen LogP contribution < -0.4 is 10.2 Å². The van der Waals surface area contributed by atoms with Gasteiger partial charge in [-0.25, -0.2) is 0 Å². The number of anilines is 2. The lowest BCUT2D eigenvalue weighted by atomic mass is 10.1. The van der Waals surface area contributed by atoms with Crippen molar-refractivity contribution >= 4 is 23.2 Å². The Balaban J connectivity index is 2.20. The summed E-state index contributed by atoms with van der Waals surface area (Å²) < 4.78 is 0. The fourth-order valence-electron chi connectivity index (χ4n) is 2.05. The predicted molar refractivity (Wildman–Crippen MR) is 60.0 cm³/mol. The van der Waals surface area contributed by atoms with Gasteiger partial charge >= 0.3 is 0 Å². The van der Waals surface area contributed by atoms with Gasteiger partial charge in [-0.15, -0.1) is 0 Å². The molecule has 2 aliphatic heterocycles. The minimum absolute atomic E-state index is 0.124. The van der Waals surface area contributed by atoms with Crippen LogP contribution in [0.3, 0.4) is 0 Å². The molecular formula is C12H7N3O2. The normalized spacial score (nSPS) is 16.9. The molecule has 82 valence electrons. The molecule has 1 aromatic rings. The fraction of sp³-hybridized carbons (Fsp3) is 0.0833. The number of carbonyl (C=O) groups is 2. The summed E-state index contributed by atoms with van der Waals surface area (Å²) in [6.45, 7) is 0. The van der Waals surface area contributed by atoms with E-state index in [0.717, 1.165) is 0 Å². The third-order valence-corrected chi connectivity index (χ3v) is 2.81. The molecule has 0 aliphatic carbocycles. The number of rotatable bonds is 0. The van der Waals surface area contributed by atoms with Crippen molar-refractivity contribution in [2.75, 3.05) is 10.2 Å². The SMILES string of the molecule is N#Cc1ccc2c(c1)NC(=O)C1=CCC(=O)N12. The molecule has 5 nitrogen and oxygen atoms in total. The lowest BCUT2D eigenvalue weighted by molar-refractivity contribution is -0.118. The lowest BCUT2D eigenvalue weighted by Gasteiger charge is -2.27. The Hall–Kier alpha value is -2.61. The first-order valence-electron chi connectivity index (χ1n) is 5.09. The Labute approximate surface area is 96.9 Å². The van der Waals surface area contributed by atoms with E-state index in [0.29, 0.717) is 22.6 Å².